The van der Waals surface area contributed by atoms with Gasteiger partial charge >= 0.3 is 0 Å². The van der Waals surface area contributed by atoms with Crippen LogP contribution >= 0.6 is 0 Å². The lowest BCUT2D eigenvalue weighted by Crippen LogP contribution is -2.49. The van der Waals surface area contributed by atoms with E-state index in [-0.39, 0.29) is 11.9 Å². The third-order valence-corrected chi connectivity index (χ3v) is 4.49. The molecule has 0 atom stereocenters. The topological polar surface area (TPSA) is 111 Å². The molecular weight excluding hydrogens is 258 g/mol. The molecule has 1 heterocycles. The Morgan fingerprint density at radius 3 is 2.50 bits per heavy atom. The summed E-state index contributed by atoms with van der Waals surface area (Å²) in [5.41, 5.74) is 5.42. The quantitative estimate of drug-likeness (QED) is 0.248. The Morgan fingerprint density at radius 1 is 1.50 bits per heavy atom. The van der Waals surface area contributed by atoms with Gasteiger partial charge in [0.25, 0.3) is 10.2 Å². The van der Waals surface area contributed by atoms with Gasteiger partial charge in [0.1, 0.15) is 0 Å². The number of amidine groups is 1. The Hall–Kier alpha value is -0.900. The minimum Gasteiger partial charge on any atom is -0.409 e. The van der Waals surface area contributed by atoms with E-state index in [1.165, 1.54) is 14.1 Å². The lowest BCUT2D eigenvalue weighted by molar-refractivity contribution is 0.227. The molecule has 9 heteroatoms. The normalized spacial score (nSPS) is 20.5. The summed E-state index contributed by atoms with van der Waals surface area (Å²) in [5, 5.41) is 11.4. The number of likely N-dealkylation sites (tertiary alicyclic amines) is 1. The summed E-state index contributed by atoms with van der Waals surface area (Å²) in [5.74, 6) is 0.169. The van der Waals surface area contributed by atoms with E-state index in [1.54, 1.807) is 0 Å². The fourth-order valence-electron chi connectivity index (χ4n) is 1.79. The van der Waals surface area contributed by atoms with Gasteiger partial charge in [0, 0.05) is 33.2 Å². The molecule has 1 fully saturated rings. The van der Waals surface area contributed by atoms with Gasteiger partial charge in [0.15, 0.2) is 5.84 Å². The fraction of sp³-hybridized carbons (Fsp3) is 0.889. The van der Waals surface area contributed by atoms with Crippen molar-refractivity contribution in [2.24, 2.45) is 10.9 Å². The second-order valence-corrected chi connectivity index (χ2v) is 6.46. The van der Waals surface area contributed by atoms with Crippen molar-refractivity contribution in [3.05, 3.63) is 0 Å². The highest BCUT2D eigenvalue weighted by atomic mass is 32.2. The maximum atomic E-state index is 11.6. The van der Waals surface area contributed by atoms with E-state index in [1.807, 2.05) is 4.90 Å². The minimum atomic E-state index is -3.37. The van der Waals surface area contributed by atoms with Crippen molar-refractivity contribution in [2.75, 3.05) is 33.7 Å². The van der Waals surface area contributed by atoms with Crippen LogP contribution < -0.4 is 10.5 Å². The molecule has 106 valence electrons. The molecule has 0 amide bonds. The van der Waals surface area contributed by atoms with E-state index in [0.29, 0.717) is 19.4 Å². The average Bonchev–Trinajstić information content (AvgIpc) is 2.31. The standard InChI is InChI=1S/C9H21N5O3S/c1-13(2)18(16,17)12-8-3-5-14(6-4-8)7-9(10)11-15/h8,12,15H,3-7H2,1-2H3,(H2,10,11). The Bertz CT molecular complexity index is 387. The van der Waals surface area contributed by atoms with Gasteiger partial charge in [-0.2, -0.15) is 17.4 Å². The van der Waals surface area contributed by atoms with Gasteiger partial charge in [-0.05, 0) is 12.8 Å². The second kappa shape index (κ2) is 6.32. The summed E-state index contributed by atoms with van der Waals surface area (Å²) >= 11 is 0. The van der Waals surface area contributed by atoms with E-state index >= 15 is 0 Å². The SMILES string of the molecule is CN(C)S(=O)(=O)NC1CCN(C/C(N)=N/O)CC1. The van der Waals surface area contributed by atoms with Gasteiger partial charge in [-0.3, -0.25) is 4.90 Å². The molecule has 0 unspecified atom stereocenters. The largest absolute Gasteiger partial charge is 0.409 e. The number of nitrogens with one attached hydrogen (secondary N) is 1. The summed E-state index contributed by atoms with van der Waals surface area (Å²) in [6, 6.07) is -0.0547. The summed E-state index contributed by atoms with van der Waals surface area (Å²) in [4.78, 5) is 2.02. The molecule has 1 saturated heterocycles. The van der Waals surface area contributed by atoms with Gasteiger partial charge in [-0.15, -0.1) is 0 Å². The van der Waals surface area contributed by atoms with Crippen LogP contribution in [0.3, 0.4) is 0 Å². The van der Waals surface area contributed by atoms with Crippen LogP contribution in [0, 0.1) is 0 Å². The number of piperidine rings is 1. The van der Waals surface area contributed by atoms with Crippen molar-refractivity contribution in [2.45, 2.75) is 18.9 Å². The molecule has 4 N–H and O–H groups in total. The van der Waals surface area contributed by atoms with Crippen LogP contribution in [-0.2, 0) is 10.2 Å². The first-order valence-corrected chi connectivity index (χ1v) is 7.17. The molecule has 0 radical (unpaired) electrons. The molecule has 0 aromatic rings. The van der Waals surface area contributed by atoms with E-state index in [4.69, 9.17) is 10.9 Å². The van der Waals surface area contributed by atoms with Crippen LogP contribution in [0.1, 0.15) is 12.8 Å². The summed E-state index contributed by atoms with van der Waals surface area (Å²) < 4.78 is 27.1. The fourth-order valence-corrected chi connectivity index (χ4v) is 2.65. The number of hydrogen-bond donors (Lipinski definition) is 3. The van der Waals surface area contributed by atoms with Crippen LogP contribution in [0.15, 0.2) is 5.16 Å². The van der Waals surface area contributed by atoms with Crippen molar-refractivity contribution in [3.8, 4) is 0 Å². The monoisotopic (exact) mass is 279 g/mol. The molecule has 0 aliphatic carbocycles. The number of hydrogen-bond acceptors (Lipinski definition) is 5. The lowest BCUT2D eigenvalue weighted by atomic mass is 10.1. The number of nitrogens with two attached hydrogens (primary N) is 1. The Labute approximate surface area is 108 Å². The van der Waals surface area contributed by atoms with Crippen molar-refractivity contribution < 1.29 is 13.6 Å². The predicted molar refractivity (Wildman–Crippen MR) is 68.6 cm³/mol. The molecule has 0 spiro atoms. The molecule has 0 aromatic carbocycles. The van der Waals surface area contributed by atoms with Crippen LogP contribution in [0.2, 0.25) is 0 Å². The van der Waals surface area contributed by atoms with Gasteiger partial charge in [0.2, 0.25) is 0 Å². The van der Waals surface area contributed by atoms with E-state index in [0.717, 1.165) is 17.4 Å². The zero-order valence-electron chi connectivity index (χ0n) is 10.7. The second-order valence-electron chi connectivity index (χ2n) is 4.55. The number of nitrogens with zero attached hydrogens (tertiary/aromatic N) is 3. The third kappa shape index (κ3) is 4.41. The van der Waals surface area contributed by atoms with Crippen molar-refractivity contribution in [1.29, 1.82) is 0 Å². The van der Waals surface area contributed by atoms with Gasteiger partial charge in [0.05, 0.1) is 6.54 Å². The molecular formula is C9H21N5O3S. The van der Waals surface area contributed by atoms with Gasteiger partial charge < -0.3 is 10.9 Å². The maximum Gasteiger partial charge on any atom is 0.279 e. The smallest absolute Gasteiger partial charge is 0.279 e. The van der Waals surface area contributed by atoms with Crippen LogP contribution in [0.4, 0.5) is 0 Å². The van der Waals surface area contributed by atoms with Crippen LogP contribution in [0.5, 0.6) is 0 Å². The Morgan fingerprint density at radius 2 is 2.06 bits per heavy atom. The molecule has 0 bridgehead atoms. The molecule has 1 aliphatic rings. The molecule has 1 aliphatic heterocycles. The van der Waals surface area contributed by atoms with Gasteiger partial charge in [-0.1, -0.05) is 5.16 Å². The first-order chi connectivity index (χ1) is 8.35. The van der Waals surface area contributed by atoms with E-state index < -0.39 is 10.2 Å². The average molecular weight is 279 g/mol. The summed E-state index contributed by atoms with van der Waals surface area (Å²) in [6.07, 6.45) is 1.43. The Kier molecular flexibility index (Phi) is 5.32. The number of oxime groups is 1. The molecule has 1 rings (SSSR count). The first kappa shape index (κ1) is 15.2. The van der Waals surface area contributed by atoms with Crippen LogP contribution in [-0.4, -0.2) is 68.4 Å². The highest BCUT2D eigenvalue weighted by Gasteiger charge is 2.24. The predicted octanol–water partition coefficient (Wildman–Crippen LogP) is -1.41. The summed E-state index contributed by atoms with van der Waals surface area (Å²) in [6.45, 7) is 1.84. The molecule has 18 heavy (non-hydrogen) atoms. The van der Waals surface area contributed by atoms with E-state index in [9.17, 15) is 8.42 Å². The highest BCUT2D eigenvalue weighted by molar-refractivity contribution is 7.87. The molecule has 0 saturated carbocycles. The summed E-state index contributed by atoms with van der Waals surface area (Å²) in [7, 11) is -0.375. The van der Waals surface area contributed by atoms with Crippen molar-refractivity contribution in [3.63, 3.8) is 0 Å². The van der Waals surface area contributed by atoms with Crippen molar-refractivity contribution in [1.82, 2.24) is 13.9 Å². The first-order valence-electron chi connectivity index (χ1n) is 5.73. The number of rotatable bonds is 5. The zero-order valence-corrected chi connectivity index (χ0v) is 11.5. The minimum absolute atomic E-state index is 0.0547. The lowest BCUT2D eigenvalue weighted by Gasteiger charge is -2.32. The molecule has 0 aromatic heterocycles. The maximum absolute atomic E-state index is 11.6. The zero-order chi connectivity index (χ0) is 13.8. The van der Waals surface area contributed by atoms with Crippen LogP contribution in [0.25, 0.3) is 0 Å². The molecule has 8 nitrogen and oxygen atoms in total. The third-order valence-electron chi connectivity index (χ3n) is 2.90. The van der Waals surface area contributed by atoms with Gasteiger partial charge in [-0.25, -0.2) is 0 Å². The highest BCUT2D eigenvalue weighted by Crippen LogP contribution is 2.11. The van der Waals surface area contributed by atoms with Crippen molar-refractivity contribution >= 4 is 16.0 Å². The Balaban J connectivity index is 2.41. The van der Waals surface area contributed by atoms with E-state index in [2.05, 4.69) is 9.88 Å².